The maximum Gasteiger partial charge on any atom is 0.258 e. The SMILES string of the molecule is COc1cc(I)c(Cl)cc1C(=O)N(C1CC1)C(C)c1ccccn1. The van der Waals surface area contributed by atoms with E-state index in [-0.39, 0.29) is 18.0 Å². The molecule has 0 spiro atoms. The number of nitrogens with zero attached hydrogens (tertiary/aromatic N) is 2. The van der Waals surface area contributed by atoms with Crippen LogP contribution in [0.4, 0.5) is 0 Å². The lowest BCUT2D eigenvalue weighted by molar-refractivity contribution is 0.0667. The molecule has 0 bridgehead atoms. The Morgan fingerprint density at radius 1 is 1.42 bits per heavy atom. The number of methoxy groups -OCH3 is 1. The van der Waals surface area contributed by atoms with Gasteiger partial charge in [0, 0.05) is 15.8 Å². The molecule has 1 aromatic carbocycles. The molecule has 24 heavy (non-hydrogen) atoms. The van der Waals surface area contributed by atoms with Crippen LogP contribution in [0.1, 0.15) is 41.9 Å². The van der Waals surface area contributed by atoms with Crippen molar-refractivity contribution in [2.24, 2.45) is 0 Å². The summed E-state index contributed by atoms with van der Waals surface area (Å²) in [5.41, 5.74) is 1.38. The summed E-state index contributed by atoms with van der Waals surface area (Å²) in [6, 6.07) is 9.41. The predicted molar refractivity (Wildman–Crippen MR) is 103 cm³/mol. The number of ether oxygens (including phenoxy) is 1. The van der Waals surface area contributed by atoms with Gasteiger partial charge in [0.1, 0.15) is 5.75 Å². The molecule has 0 saturated heterocycles. The highest BCUT2D eigenvalue weighted by Crippen LogP contribution is 2.37. The molecule has 1 aliphatic carbocycles. The summed E-state index contributed by atoms with van der Waals surface area (Å²) >= 11 is 8.37. The van der Waals surface area contributed by atoms with Gasteiger partial charge in [-0.05, 0) is 66.6 Å². The third kappa shape index (κ3) is 3.52. The molecule has 1 heterocycles. The fraction of sp³-hybridized carbons (Fsp3) is 0.333. The first-order chi connectivity index (χ1) is 11.5. The summed E-state index contributed by atoms with van der Waals surface area (Å²) in [5.74, 6) is 0.485. The van der Waals surface area contributed by atoms with Crippen molar-refractivity contribution in [3.63, 3.8) is 0 Å². The minimum Gasteiger partial charge on any atom is -0.496 e. The Morgan fingerprint density at radius 2 is 2.17 bits per heavy atom. The van der Waals surface area contributed by atoms with Crippen LogP contribution in [0.3, 0.4) is 0 Å². The molecule has 1 atom stereocenters. The molecule has 1 aromatic heterocycles. The van der Waals surface area contributed by atoms with Crippen LogP contribution in [-0.2, 0) is 0 Å². The molecule has 0 aliphatic heterocycles. The standard InChI is InChI=1S/C18H18ClIN2O2/c1-11(16-5-3-4-8-21-16)22(12-6-7-12)18(23)13-9-14(19)15(20)10-17(13)24-2/h3-5,8-12H,6-7H2,1-2H3. The monoisotopic (exact) mass is 456 g/mol. The number of aromatic nitrogens is 1. The van der Waals surface area contributed by atoms with Crippen LogP contribution < -0.4 is 4.74 Å². The van der Waals surface area contributed by atoms with Crippen LogP contribution in [0.15, 0.2) is 36.5 Å². The summed E-state index contributed by atoms with van der Waals surface area (Å²) in [6.07, 6.45) is 3.79. The van der Waals surface area contributed by atoms with Gasteiger partial charge in [0.05, 0.1) is 29.4 Å². The Balaban J connectivity index is 1.98. The first kappa shape index (κ1) is 17.5. The number of halogens is 2. The minimum absolute atomic E-state index is 0.0641. The van der Waals surface area contributed by atoms with E-state index in [0.29, 0.717) is 16.3 Å². The molecule has 126 valence electrons. The number of pyridine rings is 1. The maximum absolute atomic E-state index is 13.2. The summed E-state index contributed by atoms with van der Waals surface area (Å²) < 4.78 is 6.27. The number of benzene rings is 1. The fourth-order valence-electron chi connectivity index (χ4n) is 2.78. The zero-order chi connectivity index (χ0) is 17.3. The largest absolute Gasteiger partial charge is 0.496 e. The molecule has 1 fully saturated rings. The average molecular weight is 457 g/mol. The molecule has 3 rings (SSSR count). The van der Waals surface area contributed by atoms with Crippen molar-refractivity contribution in [2.75, 3.05) is 7.11 Å². The van der Waals surface area contributed by atoms with Crippen LogP contribution in [0.2, 0.25) is 5.02 Å². The van der Waals surface area contributed by atoms with Crippen LogP contribution >= 0.6 is 34.2 Å². The van der Waals surface area contributed by atoms with Gasteiger partial charge in [0.15, 0.2) is 0 Å². The molecule has 6 heteroatoms. The number of hydrogen-bond donors (Lipinski definition) is 0. The molecule has 4 nitrogen and oxygen atoms in total. The van der Waals surface area contributed by atoms with E-state index in [1.54, 1.807) is 25.4 Å². The van der Waals surface area contributed by atoms with Gasteiger partial charge in [0.25, 0.3) is 5.91 Å². The third-order valence-electron chi connectivity index (χ3n) is 4.18. The van der Waals surface area contributed by atoms with Gasteiger partial charge in [-0.3, -0.25) is 9.78 Å². The fourth-order valence-corrected chi connectivity index (χ4v) is 3.38. The molecule has 0 radical (unpaired) electrons. The molecule has 1 amide bonds. The van der Waals surface area contributed by atoms with Crippen molar-refractivity contribution in [1.29, 1.82) is 0 Å². The predicted octanol–water partition coefficient (Wildman–Crippen LogP) is 4.71. The quantitative estimate of drug-likeness (QED) is 0.612. The number of carbonyl (C=O) groups is 1. The zero-order valence-corrected chi connectivity index (χ0v) is 16.4. The van der Waals surface area contributed by atoms with Crippen molar-refractivity contribution in [3.8, 4) is 5.75 Å². The Bertz CT molecular complexity index is 750. The average Bonchev–Trinajstić information content (AvgIpc) is 3.42. The Labute approximate surface area is 160 Å². The molecule has 2 aromatic rings. The van der Waals surface area contributed by atoms with E-state index in [2.05, 4.69) is 27.6 Å². The topological polar surface area (TPSA) is 42.4 Å². The highest BCUT2D eigenvalue weighted by atomic mass is 127. The van der Waals surface area contributed by atoms with Gasteiger partial charge >= 0.3 is 0 Å². The summed E-state index contributed by atoms with van der Waals surface area (Å²) in [4.78, 5) is 19.6. The van der Waals surface area contributed by atoms with E-state index in [4.69, 9.17) is 16.3 Å². The van der Waals surface area contributed by atoms with Crippen LogP contribution in [0, 0.1) is 3.57 Å². The molecule has 1 saturated carbocycles. The van der Waals surface area contributed by atoms with Crippen LogP contribution in [0.5, 0.6) is 5.75 Å². The molecule has 0 N–H and O–H groups in total. The van der Waals surface area contributed by atoms with Crippen molar-refractivity contribution in [3.05, 3.63) is 56.4 Å². The normalized spacial score (nSPS) is 15.0. The Hall–Kier alpha value is -1.34. The smallest absolute Gasteiger partial charge is 0.258 e. The number of carbonyl (C=O) groups excluding carboxylic acids is 1. The maximum atomic E-state index is 13.2. The highest BCUT2D eigenvalue weighted by Gasteiger charge is 2.38. The number of amides is 1. The van der Waals surface area contributed by atoms with Crippen molar-refractivity contribution < 1.29 is 9.53 Å². The van der Waals surface area contributed by atoms with Crippen molar-refractivity contribution in [1.82, 2.24) is 9.88 Å². The molecule has 1 aliphatic rings. The summed E-state index contributed by atoms with van der Waals surface area (Å²) in [7, 11) is 1.57. The molecular formula is C18H18ClIN2O2. The second-order valence-corrected chi connectivity index (χ2v) is 7.41. The van der Waals surface area contributed by atoms with E-state index >= 15 is 0 Å². The van der Waals surface area contributed by atoms with Gasteiger partial charge < -0.3 is 9.64 Å². The van der Waals surface area contributed by atoms with Gasteiger partial charge in [-0.25, -0.2) is 0 Å². The second-order valence-electron chi connectivity index (χ2n) is 5.84. The van der Waals surface area contributed by atoms with Gasteiger partial charge in [-0.2, -0.15) is 0 Å². The van der Waals surface area contributed by atoms with E-state index < -0.39 is 0 Å². The van der Waals surface area contributed by atoms with Crippen LogP contribution in [-0.4, -0.2) is 28.9 Å². The lowest BCUT2D eigenvalue weighted by Crippen LogP contribution is -2.36. The van der Waals surface area contributed by atoms with Crippen molar-refractivity contribution in [2.45, 2.75) is 31.8 Å². The Kier molecular flexibility index (Phi) is 5.30. The van der Waals surface area contributed by atoms with E-state index in [0.717, 1.165) is 22.1 Å². The van der Waals surface area contributed by atoms with Gasteiger partial charge in [-0.15, -0.1) is 0 Å². The lowest BCUT2D eigenvalue weighted by Gasteiger charge is -2.29. The summed E-state index contributed by atoms with van der Waals surface area (Å²) in [5, 5.41) is 0.556. The van der Waals surface area contributed by atoms with E-state index in [9.17, 15) is 4.79 Å². The lowest BCUT2D eigenvalue weighted by atomic mass is 10.1. The first-order valence-electron chi connectivity index (χ1n) is 7.79. The number of rotatable bonds is 5. The number of hydrogen-bond acceptors (Lipinski definition) is 3. The molecule has 1 unspecified atom stereocenters. The van der Waals surface area contributed by atoms with E-state index in [1.807, 2.05) is 30.0 Å². The third-order valence-corrected chi connectivity index (χ3v) is 5.70. The second kappa shape index (κ2) is 7.27. The van der Waals surface area contributed by atoms with Crippen LogP contribution in [0.25, 0.3) is 0 Å². The van der Waals surface area contributed by atoms with Gasteiger partial charge in [0.2, 0.25) is 0 Å². The van der Waals surface area contributed by atoms with Crippen molar-refractivity contribution >= 4 is 40.1 Å². The Morgan fingerprint density at radius 3 is 2.75 bits per heavy atom. The first-order valence-corrected chi connectivity index (χ1v) is 9.25. The molecular weight excluding hydrogens is 439 g/mol. The van der Waals surface area contributed by atoms with Gasteiger partial charge in [-0.1, -0.05) is 17.7 Å². The van der Waals surface area contributed by atoms with E-state index in [1.165, 1.54) is 0 Å². The highest BCUT2D eigenvalue weighted by molar-refractivity contribution is 14.1. The summed E-state index contributed by atoms with van der Waals surface area (Å²) in [6.45, 7) is 2.01. The minimum atomic E-state index is -0.103. The zero-order valence-electron chi connectivity index (χ0n) is 13.5.